The fourth-order valence-corrected chi connectivity index (χ4v) is 4.66. The van der Waals surface area contributed by atoms with Crippen LogP contribution in [-0.2, 0) is 22.3 Å². The molecule has 4 rings (SSSR count). The summed E-state index contributed by atoms with van der Waals surface area (Å²) in [5, 5.41) is 2.78. The van der Waals surface area contributed by atoms with E-state index in [1.165, 1.54) is 11.0 Å². The summed E-state index contributed by atoms with van der Waals surface area (Å²) in [5.74, 6) is -0.864. The van der Waals surface area contributed by atoms with Crippen LogP contribution < -0.4 is 5.32 Å². The standard InChI is InChI=1S/C21H25F3N4O3/c22-21(23,24)16-4-1-3-14(9-16)11-27-12-15(10-18(27)29)19(30)26-7-2-5-17(13-26)28-8-6-25-20(28)31/h1,3-4,9,15,17H,2,5-8,10-13H2,(H,25,31)/t15-,17-/m1/s1. The monoisotopic (exact) mass is 438 g/mol. The van der Waals surface area contributed by atoms with E-state index in [0.717, 1.165) is 25.0 Å². The first-order valence-corrected chi connectivity index (χ1v) is 10.5. The van der Waals surface area contributed by atoms with Gasteiger partial charge in [0.1, 0.15) is 0 Å². The predicted molar refractivity (Wildman–Crippen MR) is 105 cm³/mol. The number of halogens is 3. The van der Waals surface area contributed by atoms with Crippen molar-refractivity contribution in [2.45, 2.75) is 38.0 Å². The number of carbonyl (C=O) groups excluding carboxylic acids is 3. The van der Waals surface area contributed by atoms with Gasteiger partial charge in [0.25, 0.3) is 0 Å². The maximum atomic E-state index is 13.1. The Kier molecular flexibility index (Phi) is 5.81. The first kappa shape index (κ1) is 21.5. The number of rotatable bonds is 4. The van der Waals surface area contributed by atoms with E-state index in [-0.39, 0.29) is 43.4 Å². The summed E-state index contributed by atoms with van der Waals surface area (Å²) in [6, 6.07) is 4.77. The number of hydrogen-bond donors (Lipinski definition) is 1. The molecule has 3 aliphatic heterocycles. The Morgan fingerprint density at radius 3 is 2.68 bits per heavy atom. The summed E-state index contributed by atoms with van der Waals surface area (Å²) in [7, 11) is 0. The number of hydrogen-bond acceptors (Lipinski definition) is 3. The largest absolute Gasteiger partial charge is 0.416 e. The summed E-state index contributed by atoms with van der Waals surface area (Å²) >= 11 is 0. The van der Waals surface area contributed by atoms with Crippen molar-refractivity contribution in [3.63, 3.8) is 0 Å². The molecule has 3 heterocycles. The number of urea groups is 1. The average Bonchev–Trinajstić information content (AvgIpc) is 3.33. The predicted octanol–water partition coefficient (Wildman–Crippen LogP) is 2.07. The van der Waals surface area contributed by atoms with Gasteiger partial charge in [-0.25, -0.2) is 4.79 Å². The summed E-state index contributed by atoms with van der Waals surface area (Å²) in [4.78, 5) is 42.4. The van der Waals surface area contributed by atoms with Crippen LogP contribution in [0.15, 0.2) is 24.3 Å². The first-order valence-electron chi connectivity index (χ1n) is 10.5. The number of alkyl halides is 3. The molecular formula is C21H25F3N4O3. The Labute approximate surface area is 178 Å². The number of nitrogens with one attached hydrogen (secondary N) is 1. The number of likely N-dealkylation sites (tertiary alicyclic amines) is 2. The van der Waals surface area contributed by atoms with Gasteiger partial charge in [-0.15, -0.1) is 0 Å². The first-order chi connectivity index (χ1) is 14.7. The number of piperidine rings is 1. The van der Waals surface area contributed by atoms with E-state index < -0.39 is 17.7 Å². The molecule has 1 aromatic rings. The zero-order chi connectivity index (χ0) is 22.2. The van der Waals surface area contributed by atoms with Gasteiger partial charge in [-0.1, -0.05) is 12.1 Å². The smallest absolute Gasteiger partial charge is 0.340 e. The maximum Gasteiger partial charge on any atom is 0.416 e. The molecule has 31 heavy (non-hydrogen) atoms. The van der Waals surface area contributed by atoms with Crippen LogP contribution in [0.1, 0.15) is 30.4 Å². The number of benzene rings is 1. The summed E-state index contributed by atoms with van der Waals surface area (Å²) in [6.45, 7) is 2.50. The van der Waals surface area contributed by atoms with Gasteiger partial charge in [-0.2, -0.15) is 13.2 Å². The van der Waals surface area contributed by atoms with Gasteiger partial charge in [0.2, 0.25) is 11.8 Å². The Bertz CT molecular complexity index is 876. The lowest BCUT2D eigenvalue weighted by Crippen LogP contribution is -2.52. The van der Waals surface area contributed by atoms with E-state index in [4.69, 9.17) is 0 Å². The molecule has 0 aromatic heterocycles. The minimum absolute atomic E-state index is 0.0292. The van der Waals surface area contributed by atoms with Crippen LogP contribution in [0.3, 0.4) is 0 Å². The van der Waals surface area contributed by atoms with Gasteiger partial charge in [-0.3, -0.25) is 9.59 Å². The fraction of sp³-hybridized carbons (Fsp3) is 0.571. The van der Waals surface area contributed by atoms with Crippen LogP contribution in [0.5, 0.6) is 0 Å². The summed E-state index contributed by atoms with van der Waals surface area (Å²) in [5.41, 5.74) is -0.371. The highest BCUT2D eigenvalue weighted by molar-refractivity contribution is 5.89. The van der Waals surface area contributed by atoms with Crippen molar-refractivity contribution in [3.05, 3.63) is 35.4 Å². The average molecular weight is 438 g/mol. The van der Waals surface area contributed by atoms with Gasteiger partial charge in [-0.05, 0) is 30.5 Å². The van der Waals surface area contributed by atoms with Crippen LogP contribution in [0.4, 0.5) is 18.0 Å². The summed E-state index contributed by atoms with van der Waals surface area (Å²) < 4.78 is 38.8. The second-order valence-corrected chi connectivity index (χ2v) is 8.38. The molecule has 1 N–H and O–H groups in total. The van der Waals surface area contributed by atoms with E-state index in [9.17, 15) is 27.6 Å². The zero-order valence-corrected chi connectivity index (χ0v) is 17.0. The molecule has 168 valence electrons. The van der Waals surface area contributed by atoms with Crippen molar-refractivity contribution in [1.29, 1.82) is 0 Å². The summed E-state index contributed by atoms with van der Waals surface area (Å²) in [6.07, 6.45) is -2.76. The molecule has 0 aliphatic carbocycles. The molecule has 3 aliphatic rings. The van der Waals surface area contributed by atoms with Gasteiger partial charge in [0.05, 0.1) is 17.5 Å². The lowest BCUT2D eigenvalue weighted by molar-refractivity contribution is -0.138. The third-order valence-corrected chi connectivity index (χ3v) is 6.23. The third-order valence-electron chi connectivity index (χ3n) is 6.23. The lowest BCUT2D eigenvalue weighted by Gasteiger charge is -2.38. The number of carbonyl (C=O) groups is 3. The molecule has 0 unspecified atom stereocenters. The van der Waals surface area contributed by atoms with Crippen molar-refractivity contribution in [3.8, 4) is 0 Å². The van der Waals surface area contributed by atoms with Crippen LogP contribution in [0.2, 0.25) is 0 Å². The van der Waals surface area contributed by atoms with E-state index in [0.29, 0.717) is 31.7 Å². The second-order valence-electron chi connectivity index (χ2n) is 8.38. The second kappa shape index (κ2) is 8.39. The highest BCUT2D eigenvalue weighted by Crippen LogP contribution is 2.31. The van der Waals surface area contributed by atoms with Crippen molar-refractivity contribution in [1.82, 2.24) is 20.0 Å². The van der Waals surface area contributed by atoms with Gasteiger partial charge < -0.3 is 20.0 Å². The van der Waals surface area contributed by atoms with E-state index in [1.54, 1.807) is 15.9 Å². The van der Waals surface area contributed by atoms with Crippen LogP contribution in [-0.4, -0.2) is 71.3 Å². The van der Waals surface area contributed by atoms with E-state index in [1.807, 2.05) is 0 Å². The Morgan fingerprint density at radius 2 is 1.97 bits per heavy atom. The third kappa shape index (κ3) is 4.62. The van der Waals surface area contributed by atoms with E-state index >= 15 is 0 Å². The highest BCUT2D eigenvalue weighted by atomic mass is 19.4. The number of nitrogens with zero attached hydrogens (tertiary/aromatic N) is 3. The SMILES string of the molecule is O=C1C[C@@H](C(=O)N2CCC[C@@H](N3CCNC3=O)C2)CN1Cc1cccc(C(F)(F)F)c1. The Balaban J connectivity index is 1.37. The van der Waals surface area contributed by atoms with Crippen molar-refractivity contribution >= 4 is 17.8 Å². The molecule has 2 atom stereocenters. The number of amides is 4. The molecule has 3 fully saturated rings. The zero-order valence-electron chi connectivity index (χ0n) is 17.0. The molecule has 4 amide bonds. The molecule has 1 aromatic carbocycles. The van der Waals surface area contributed by atoms with E-state index in [2.05, 4.69) is 5.32 Å². The molecule has 0 spiro atoms. The minimum Gasteiger partial charge on any atom is -0.340 e. The normalized spacial score (nSPS) is 24.7. The van der Waals surface area contributed by atoms with Gasteiger partial charge in [0.15, 0.2) is 0 Å². The Morgan fingerprint density at radius 1 is 1.16 bits per heavy atom. The molecule has 3 saturated heterocycles. The van der Waals surface area contributed by atoms with Gasteiger partial charge >= 0.3 is 12.2 Å². The van der Waals surface area contributed by atoms with Crippen molar-refractivity contribution < 1.29 is 27.6 Å². The molecule has 0 saturated carbocycles. The van der Waals surface area contributed by atoms with Crippen LogP contribution >= 0.6 is 0 Å². The fourth-order valence-electron chi connectivity index (χ4n) is 4.66. The van der Waals surface area contributed by atoms with Crippen molar-refractivity contribution in [2.75, 3.05) is 32.7 Å². The quantitative estimate of drug-likeness (QED) is 0.782. The lowest BCUT2D eigenvalue weighted by atomic mass is 10.0. The van der Waals surface area contributed by atoms with Gasteiger partial charge in [0, 0.05) is 45.7 Å². The molecular weight excluding hydrogens is 413 g/mol. The maximum absolute atomic E-state index is 13.1. The van der Waals surface area contributed by atoms with Crippen LogP contribution in [0.25, 0.3) is 0 Å². The Hall–Kier alpha value is -2.78. The molecule has 7 nitrogen and oxygen atoms in total. The topological polar surface area (TPSA) is 73.0 Å². The van der Waals surface area contributed by atoms with Crippen molar-refractivity contribution in [2.24, 2.45) is 5.92 Å². The minimum atomic E-state index is -4.44. The molecule has 0 radical (unpaired) electrons. The molecule has 10 heteroatoms. The highest BCUT2D eigenvalue weighted by Gasteiger charge is 2.39. The molecule has 0 bridgehead atoms. The van der Waals surface area contributed by atoms with Crippen LogP contribution in [0, 0.1) is 5.92 Å².